The summed E-state index contributed by atoms with van der Waals surface area (Å²) in [6, 6.07) is 6.74. The van der Waals surface area contributed by atoms with E-state index in [9.17, 15) is 14.7 Å². The summed E-state index contributed by atoms with van der Waals surface area (Å²) in [4.78, 5) is 25.7. The van der Waals surface area contributed by atoms with Gasteiger partial charge in [-0.1, -0.05) is 12.1 Å². The fourth-order valence-corrected chi connectivity index (χ4v) is 2.85. The molecule has 1 spiro atoms. The van der Waals surface area contributed by atoms with E-state index in [1.165, 1.54) is 4.90 Å². The first-order valence-electron chi connectivity index (χ1n) is 7.95. The molecule has 2 aliphatic heterocycles. The summed E-state index contributed by atoms with van der Waals surface area (Å²) >= 11 is 0. The third kappa shape index (κ3) is 3.01. The van der Waals surface area contributed by atoms with Crippen molar-refractivity contribution in [3.8, 4) is 5.75 Å². The number of amides is 1. The van der Waals surface area contributed by atoms with E-state index in [1.54, 1.807) is 52.1 Å². The Balaban J connectivity index is 1.78. The number of aliphatic hydroxyl groups excluding tert-OH is 1. The van der Waals surface area contributed by atoms with Crippen molar-refractivity contribution in [3.05, 3.63) is 35.6 Å². The van der Waals surface area contributed by atoms with Gasteiger partial charge in [-0.3, -0.25) is 4.90 Å². The summed E-state index contributed by atoms with van der Waals surface area (Å²) in [6.07, 6.45) is -0.500. The molecule has 1 aromatic carbocycles. The summed E-state index contributed by atoms with van der Waals surface area (Å²) < 4.78 is 15.8. The Bertz CT molecular complexity index is 738. The molecule has 7 heteroatoms. The fourth-order valence-electron chi connectivity index (χ4n) is 2.85. The van der Waals surface area contributed by atoms with Crippen LogP contribution in [0.3, 0.4) is 0 Å². The second-order valence-corrected chi connectivity index (χ2v) is 7.17. The van der Waals surface area contributed by atoms with Crippen LogP contribution in [0.4, 0.5) is 4.79 Å². The van der Waals surface area contributed by atoms with Gasteiger partial charge in [-0.15, -0.1) is 0 Å². The minimum atomic E-state index is -1.18. The number of likely N-dealkylation sites (tertiary alicyclic amines) is 1. The molecule has 0 saturated carbocycles. The Labute approximate surface area is 145 Å². The molecule has 3 rings (SSSR count). The smallest absolute Gasteiger partial charge is 0.410 e. The predicted octanol–water partition coefficient (Wildman–Crippen LogP) is 2.51. The number of benzene rings is 1. The second kappa shape index (κ2) is 5.68. The number of methoxy groups -OCH3 is 1. The highest BCUT2D eigenvalue weighted by Crippen LogP contribution is 2.42. The Hall–Kier alpha value is -2.70. The minimum Gasteiger partial charge on any atom is -0.507 e. The van der Waals surface area contributed by atoms with Crippen LogP contribution in [0, 0.1) is 0 Å². The third-order valence-electron chi connectivity index (χ3n) is 4.08. The standard InChI is InChI=1S/C18H21NO6/c1-17(2,3)25-16(22)19-9-18(10-19)14(20)13(15(21)24-18)11-5-7-12(23-4)8-6-11/h5-8,20H,9-10H2,1-4H3. The van der Waals surface area contributed by atoms with Crippen molar-refractivity contribution in [1.29, 1.82) is 0 Å². The number of esters is 1. The van der Waals surface area contributed by atoms with Crippen LogP contribution in [0.1, 0.15) is 26.3 Å². The monoisotopic (exact) mass is 347 g/mol. The minimum absolute atomic E-state index is 0.0686. The van der Waals surface area contributed by atoms with E-state index >= 15 is 0 Å². The van der Waals surface area contributed by atoms with E-state index in [2.05, 4.69) is 0 Å². The van der Waals surface area contributed by atoms with E-state index in [1.807, 2.05) is 0 Å². The van der Waals surface area contributed by atoms with Gasteiger partial charge in [0.15, 0.2) is 5.76 Å². The van der Waals surface area contributed by atoms with Gasteiger partial charge in [-0.2, -0.15) is 0 Å². The molecular formula is C18H21NO6. The van der Waals surface area contributed by atoms with Gasteiger partial charge in [0.05, 0.1) is 20.2 Å². The van der Waals surface area contributed by atoms with Crippen molar-refractivity contribution in [1.82, 2.24) is 4.90 Å². The summed E-state index contributed by atoms with van der Waals surface area (Å²) in [6.45, 7) is 5.46. The number of aliphatic hydroxyl groups is 1. The number of rotatable bonds is 2. The van der Waals surface area contributed by atoms with Crippen LogP contribution in [0.25, 0.3) is 5.57 Å². The summed E-state index contributed by atoms with van der Waals surface area (Å²) in [5.74, 6) is -0.112. The molecule has 0 aromatic heterocycles. The van der Waals surface area contributed by atoms with Gasteiger partial charge in [-0.05, 0) is 38.5 Å². The maximum absolute atomic E-state index is 12.2. The highest BCUT2D eigenvalue weighted by Gasteiger charge is 2.58. The van der Waals surface area contributed by atoms with E-state index in [-0.39, 0.29) is 24.4 Å². The summed E-state index contributed by atoms with van der Waals surface area (Å²) in [5.41, 5.74) is -1.14. The zero-order valence-electron chi connectivity index (χ0n) is 14.7. The van der Waals surface area contributed by atoms with Gasteiger partial charge in [0.2, 0.25) is 5.60 Å². The molecule has 1 N–H and O–H groups in total. The maximum Gasteiger partial charge on any atom is 0.410 e. The molecule has 0 unspecified atom stereocenters. The lowest BCUT2D eigenvalue weighted by atomic mass is 9.90. The molecule has 7 nitrogen and oxygen atoms in total. The van der Waals surface area contributed by atoms with Crippen molar-refractivity contribution < 1.29 is 28.9 Å². The predicted molar refractivity (Wildman–Crippen MR) is 89.2 cm³/mol. The van der Waals surface area contributed by atoms with Crippen LogP contribution in [0.5, 0.6) is 5.75 Å². The number of hydrogen-bond acceptors (Lipinski definition) is 6. The lowest BCUT2D eigenvalue weighted by molar-refractivity contribution is -0.162. The first-order valence-corrected chi connectivity index (χ1v) is 7.95. The lowest BCUT2D eigenvalue weighted by Gasteiger charge is -2.45. The average Bonchev–Trinajstić information content (AvgIpc) is 2.75. The molecule has 0 atom stereocenters. The van der Waals surface area contributed by atoms with Gasteiger partial charge in [-0.25, -0.2) is 9.59 Å². The topological polar surface area (TPSA) is 85.3 Å². The number of nitrogens with zero attached hydrogens (tertiary/aromatic N) is 1. The number of carbonyl (C=O) groups is 2. The van der Waals surface area contributed by atoms with Gasteiger partial charge in [0, 0.05) is 0 Å². The summed E-state index contributed by atoms with van der Waals surface area (Å²) in [7, 11) is 1.55. The third-order valence-corrected chi connectivity index (χ3v) is 4.08. The maximum atomic E-state index is 12.2. The van der Waals surface area contributed by atoms with E-state index in [0.717, 1.165) is 0 Å². The van der Waals surface area contributed by atoms with Crippen LogP contribution in [0.15, 0.2) is 30.0 Å². The fraction of sp³-hybridized carbons (Fsp3) is 0.444. The largest absolute Gasteiger partial charge is 0.507 e. The number of carbonyl (C=O) groups excluding carboxylic acids is 2. The van der Waals surface area contributed by atoms with E-state index in [0.29, 0.717) is 11.3 Å². The van der Waals surface area contributed by atoms with Crippen LogP contribution >= 0.6 is 0 Å². The van der Waals surface area contributed by atoms with Gasteiger partial charge in [0.25, 0.3) is 0 Å². The van der Waals surface area contributed by atoms with E-state index < -0.39 is 23.3 Å². The van der Waals surface area contributed by atoms with Crippen molar-refractivity contribution >= 4 is 17.6 Å². The molecular weight excluding hydrogens is 326 g/mol. The molecule has 2 aliphatic rings. The molecule has 0 radical (unpaired) electrons. The Morgan fingerprint density at radius 2 is 1.84 bits per heavy atom. The van der Waals surface area contributed by atoms with Gasteiger partial charge < -0.3 is 19.3 Å². The van der Waals surface area contributed by atoms with Crippen LogP contribution in [0.2, 0.25) is 0 Å². The normalized spacial score (nSPS) is 18.9. The SMILES string of the molecule is COc1ccc(C2=C(O)C3(CN(C(=O)OC(C)(C)C)C3)OC2=O)cc1. The molecule has 1 aromatic rings. The molecule has 2 heterocycles. The van der Waals surface area contributed by atoms with Crippen LogP contribution < -0.4 is 4.74 Å². The van der Waals surface area contributed by atoms with E-state index in [4.69, 9.17) is 14.2 Å². The first kappa shape index (κ1) is 17.1. The Kier molecular flexibility index (Phi) is 3.89. The van der Waals surface area contributed by atoms with Crippen molar-refractivity contribution in [3.63, 3.8) is 0 Å². The molecule has 25 heavy (non-hydrogen) atoms. The Morgan fingerprint density at radius 1 is 1.24 bits per heavy atom. The van der Waals surface area contributed by atoms with Crippen molar-refractivity contribution in [2.45, 2.75) is 32.0 Å². The zero-order chi connectivity index (χ0) is 18.4. The Morgan fingerprint density at radius 3 is 2.36 bits per heavy atom. The molecule has 0 aliphatic carbocycles. The summed E-state index contributed by atoms with van der Waals surface area (Å²) in [5, 5.41) is 10.6. The van der Waals surface area contributed by atoms with Crippen LogP contribution in [-0.2, 0) is 14.3 Å². The van der Waals surface area contributed by atoms with Crippen molar-refractivity contribution in [2.75, 3.05) is 20.2 Å². The molecule has 1 fully saturated rings. The highest BCUT2D eigenvalue weighted by atomic mass is 16.6. The van der Waals surface area contributed by atoms with Gasteiger partial charge in [0.1, 0.15) is 16.9 Å². The highest BCUT2D eigenvalue weighted by molar-refractivity contribution is 6.19. The number of hydrogen-bond donors (Lipinski definition) is 1. The molecule has 0 bridgehead atoms. The average molecular weight is 347 g/mol. The zero-order valence-corrected chi connectivity index (χ0v) is 14.7. The lowest BCUT2D eigenvalue weighted by Crippen LogP contribution is -2.65. The van der Waals surface area contributed by atoms with Gasteiger partial charge >= 0.3 is 12.1 Å². The molecule has 1 saturated heterocycles. The second-order valence-electron chi connectivity index (χ2n) is 7.17. The molecule has 134 valence electrons. The van der Waals surface area contributed by atoms with Crippen molar-refractivity contribution in [2.24, 2.45) is 0 Å². The first-order chi connectivity index (χ1) is 11.6. The number of ether oxygens (including phenoxy) is 3. The molecule has 1 amide bonds. The van der Waals surface area contributed by atoms with Crippen LogP contribution in [-0.4, -0.2) is 53.5 Å². The quantitative estimate of drug-likeness (QED) is 0.828.